The first-order valence-corrected chi connectivity index (χ1v) is 8.57. The molecule has 0 fully saturated rings. The van der Waals surface area contributed by atoms with E-state index in [1.54, 1.807) is 7.05 Å². The van der Waals surface area contributed by atoms with Crippen molar-refractivity contribution in [2.45, 2.75) is 19.0 Å². The second-order valence-electron chi connectivity index (χ2n) is 5.29. The second kappa shape index (κ2) is 8.93. The summed E-state index contributed by atoms with van der Waals surface area (Å²) in [7, 11) is 1.54. The normalized spacial score (nSPS) is 12.3. The van der Waals surface area contributed by atoms with Crippen LogP contribution in [-0.2, 0) is 19.0 Å². The summed E-state index contributed by atoms with van der Waals surface area (Å²) >= 11 is 0.950. The van der Waals surface area contributed by atoms with Gasteiger partial charge in [0.1, 0.15) is 11.6 Å². The van der Waals surface area contributed by atoms with E-state index in [1.807, 2.05) is 0 Å². The molecule has 1 aromatic carbocycles. The molecule has 142 valence electrons. The Hall–Kier alpha value is -2.23. The van der Waals surface area contributed by atoms with Gasteiger partial charge < -0.3 is 10.6 Å². The lowest BCUT2D eigenvalue weighted by molar-refractivity contribution is -0.140. The van der Waals surface area contributed by atoms with Crippen LogP contribution in [0.3, 0.4) is 0 Å². The van der Waals surface area contributed by atoms with Gasteiger partial charge in [-0.3, -0.25) is 4.99 Å². The van der Waals surface area contributed by atoms with Crippen molar-refractivity contribution in [3.8, 4) is 0 Å². The van der Waals surface area contributed by atoms with Crippen LogP contribution in [0.4, 0.5) is 22.0 Å². The Kier molecular flexibility index (Phi) is 6.90. The molecule has 2 aromatic rings. The Morgan fingerprint density at radius 3 is 2.42 bits per heavy atom. The zero-order valence-corrected chi connectivity index (χ0v) is 14.6. The number of benzene rings is 1. The van der Waals surface area contributed by atoms with Crippen LogP contribution in [0, 0.1) is 11.6 Å². The number of halogens is 5. The first-order valence-electron chi connectivity index (χ1n) is 7.69. The lowest BCUT2D eigenvalue weighted by atomic mass is 10.1. The van der Waals surface area contributed by atoms with Gasteiger partial charge >= 0.3 is 6.18 Å². The maximum Gasteiger partial charge on any atom is 0.434 e. The van der Waals surface area contributed by atoms with E-state index in [1.165, 1.54) is 12.1 Å². The summed E-state index contributed by atoms with van der Waals surface area (Å²) in [6.45, 7) is 0.701. The molecule has 1 aromatic heterocycles. The standard InChI is InChI=1S/C16H17F5N4S/c1-22-15(23-6-4-10-2-3-11(17)8-12(10)18)24-7-5-14-25-13(9-26-14)16(19,20)21/h2-3,8-9H,4-7H2,1H3,(H2,22,23,24). The molecular weight excluding hydrogens is 375 g/mol. The number of aromatic nitrogens is 1. The van der Waals surface area contributed by atoms with Gasteiger partial charge in [-0.25, -0.2) is 13.8 Å². The molecule has 0 radical (unpaired) electrons. The Bertz CT molecular complexity index is 757. The number of nitrogens with zero attached hydrogens (tertiary/aromatic N) is 2. The third-order valence-electron chi connectivity index (χ3n) is 3.40. The van der Waals surface area contributed by atoms with Crippen molar-refractivity contribution in [1.29, 1.82) is 0 Å². The van der Waals surface area contributed by atoms with E-state index in [0.29, 0.717) is 42.5 Å². The van der Waals surface area contributed by atoms with Gasteiger partial charge in [-0.05, 0) is 18.1 Å². The number of nitrogens with one attached hydrogen (secondary N) is 2. The van der Waals surface area contributed by atoms with E-state index in [9.17, 15) is 22.0 Å². The molecule has 0 spiro atoms. The minimum absolute atomic E-state index is 0.314. The van der Waals surface area contributed by atoms with Crippen LogP contribution >= 0.6 is 11.3 Å². The van der Waals surface area contributed by atoms with Crippen molar-refractivity contribution < 1.29 is 22.0 Å². The predicted molar refractivity (Wildman–Crippen MR) is 90.2 cm³/mol. The molecule has 10 heteroatoms. The topological polar surface area (TPSA) is 49.3 Å². The minimum atomic E-state index is -4.44. The second-order valence-corrected chi connectivity index (χ2v) is 6.23. The molecule has 2 N–H and O–H groups in total. The Morgan fingerprint density at radius 2 is 1.85 bits per heavy atom. The molecule has 2 rings (SSSR count). The van der Waals surface area contributed by atoms with Gasteiger partial charge in [-0.1, -0.05) is 6.07 Å². The molecule has 0 amide bonds. The van der Waals surface area contributed by atoms with Crippen LogP contribution in [-0.4, -0.2) is 31.1 Å². The van der Waals surface area contributed by atoms with Gasteiger partial charge in [-0.15, -0.1) is 11.3 Å². The van der Waals surface area contributed by atoms with Crippen molar-refractivity contribution in [2.75, 3.05) is 20.1 Å². The molecular formula is C16H17F5N4S. The van der Waals surface area contributed by atoms with Crippen LogP contribution < -0.4 is 10.6 Å². The molecule has 0 saturated heterocycles. The summed E-state index contributed by atoms with van der Waals surface area (Å²) < 4.78 is 63.8. The number of alkyl halides is 3. The van der Waals surface area contributed by atoms with Gasteiger partial charge in [-0.2, -0.15) is 13.2 Å². The molecule has 0 atom stereocenters. The zero-order chi connectivity index (χ0) is 19.2. The van der Waals surface area contributed by atoms with E-state index in [4.69, 9.17) is 0 Å². The molecule has 0 saturated carbocycles. The molecule has 0 bridgehead atoms. The summed E-state index contributed by atoms with van der Waals surface area (Å²) in [6, 6.07) is 3.39. The fourth-order valence-electron chi connectivity index (χ4n) is 2.10. The highest BCUT2D eigenvalue weighted by Gasteiger charge is 2.33. The van der Waals surface area contributed by atoms with Crippen molar-refractivity contribution >= 4 is 17.3 Å². The van der Waals surface area contributed by atoms with E-state index >= 15 is 0 Å². The third kappa shape index (κ3) is 5.94. The van der Waals surface area contributed by atoms with E-state index in [2.05, 4.69) is 20.6 Å². The number of hydrogen-bond acceptors (Lipinski definition) is 3. The number of guanidine groups is 1. The van der Waals surface area contributed by atoms with Crippen molar-refractivity contribution in [3.63, 3.8) is 0 Å². The van der Waals surface area contributed by atoms with Crippen LogP contribution in [0.15, 0.2) is 28.6 Å². The molecule has 0 aliphatic heterocycles. The lowest BCUT2D eigenvalue weighted by Gasteiger charge is -2.11. The highest BCUT2D eigenvalue weighted by atomic mass is 32.1. The summed E-state index contributed by atoms with van der Waals surface area (Å²) in [5, 5.41) is 7.26. The zero-order valence-electron chi connectivity index (χ0n) is 13.8. The molecule has 0 aliphatic rings. The monoisotopic (exact) mass is 392 g/mol. The van der Waals surface area contributed by atoms with E-state index < -0.39 is 23.5 Å². The van der Waals surface area contributed by atoms with E-state index in [0.717, 1.165) is 22.8 Å². The molecule has 4 nitrogen and oxygen atoms in total. The quantitative estimate of drug-likeness (QED) is 0.450. The molecule has 26 heavy (non-hydrogen) atoms. The summed E-state index contributed by atoms with van der Waals surface area (Å²) in [5.41, 5.74) is -0.516. The Balaban J connectivity index is 1.75. The Labute approximate surface area is 151 Å². The molecule has 0 unspecified atom stereocenters. The van der Waals surface area contributed by atoms with Crippen molar-refractivity contribution in [3.05, 3.63) is 51.5 Å². The summed E-state index contributed by atoms with van der Waals surface area (Å²) in [5.74, 6) is -0.813. The van der Waals surface area contributed by atoms with Crippen molar-refractivity contribution in [2.24, 2.45) is 4.99 Å². The maximum absolute atomic E-state index is 13.5. The SMILES string of the molecule is CN=C(NCCc1nc(C(F)(F)F)cs1)NCCc1ccc(F)cc1F. The fourth-order valence-corrected chi connectivity index (χ4v) is 2.91. The Morgan fingerprint density at radius 1 is 1.15 bits per heavy atom. The van der Waals surface area contributed by atoms with Crippen molar-refractivity contribution in [1.82, 2.24) is 15.6 Å². The van der Waals surface area contributed by atoms with Gasteiger partial charge in [0.25, 0.3) is 0 Å². The van der Waals surface area contributed by atoms with Gasteiger partial charge in [0, 0.05) is 38.0 Å². The molecule has 0 aliphatic carbocycles. The lowest BCUT2D eigenvalue weighted by Crippen LogP contribution is -2.39. The van der Waals surface area contributed by atoms with Crippen LogP contribution in [0.2, 0.25) is 0 Å². The first-order chi connectivity index (χ1) is 12.3. The maximum atomic E-state index is 13.5. The van der Waals surface area contributed by atoms with Gasteiger partial charge in [0.05, 0.1) is 5.01 Å². The average Bonchev–Trinajstić information content (AvgIpc) is 3.04. The summed E-state index contributed by atoms with van der Waals surface area (Å²) in [4.78, 5) is 7.52. The fraction of sp³-hybridized carbons (Fsp3) is 0.375. The average molecular weight is 392 g/mol. The largest absolute Gasteiger partial charge is 0.434 e. The number of thiazole rings is 1. The third-order valence-corrected chi connectivity index (χ3v) is 4.31. The first kappa shape index (κ1) is 20.1. The highest BCUT2D eigenvalue weighted by molar-refractivity contribution is 7.09. The number of rotatable bonds is 6. The van der Waals surface area contributed by atoms with Crippen LogP contribution in [0.25, 0.3) is 0 Å². The van der Waals surface area contributed by atoms with Gasteiger partial charge in [0.15, 0.2) is 11.7 Å². The van der Waals surface area contributed by atoms with Gasteiger partial charge in [0.2, 0.25) is 0 Å². The molecule has 1 heterocycles. The summed E-state index contributed by atoms with van der Waals surface area (Å²) in [6.07, 6.45) is -3.79. The highest BCUT2D eigenvalue weighted by Crippen LogP contribution is 2.29. The number of hydrogen-bond donors (Lipinski definition) is 2. The number of aliphatic imine (C=N–C) groups is 1. The minimum Gasteiger partial charge on any atom is -0.356 e. The smallest absolute Gasteiger partial charge is 0.356 e. The van der Waals surface area contributed by atoms with E-state index in [-0.39, 0.29) is 0 Å². The van der Waals surface area contributed by atoms with Crippen LogP contribution in [0.1, 0.15) is 16.3 Å². The predicted octanol–water partition coefficient (Wildman–Crippen LogP) is 3.39. The van der Waals surface area contributed by atoms with Crippen LogP contribution in [0.5, 0.6) is 0 Å².